The third-order valence-corrected chi connectivity index (χ3v) is 16.2. The van der Waals surface area contributed by atoms with Gasteiger partial charge in [-0.05, 0) is 160 Å². The van der Waals surface area contributed by atoms with Gasteiger partial charge in [-0.1, -0.05) is 119 Å². The van der Waals surface area contributed by atoms with Crippen LogP contribution in [0.4, 0.5) is 17.1 Å². The van der Waals surface area contributed by atoms with Crippen molar-refractivity contribution in [3.63, 3.8) is 0 Å². The Morgan fingerprint density at radius 3 is 1.86 bits per heavy atom. The van der Waals surface area contributed by atoms with Crippen LogP contribution >= 0.6 is 0 Å². The second kappa shape index (κ2) is 11.3. The molecule has 56 heavy (non-hydrogen) atoms. The van der Waals surface area contributed by atoms with Gasteiger partial charge in [0.15, 0.2) is 0 Å². The van der Waals surface area contributed by atoms with Crippen LogP contribution in [0, 0.1) is 29.1 Å². The molecule has 6 aromatic rings. The first-order chi connectivity index (χ1) is 27.2. The van der Waals surface area contributed by atoms with Gasteiger partial charge >= 0.3 is 0 Å². The van der Waals surface area contributed by atoms with Crippen molar-refractivity contribution in [3.05, 3.63) is 162 Å². The molecule has 0 N–H and O–H groups in total. The summed E-state index contributed by atoms with van der Waals surface area (Å²) in [6.45, 7) is 9.82. The Balaban J connectivity index is 1.07. The van der Waals surface area contributed by atoms with Crippen molar-refractivity contribution in [1.82, 2.24) is 0 Å². The lowest BCUT2D eigenvalue weighted by Gasteiger charge is -2.77. The van der Waals surface area contributed by atoms with E-state index in [1.807, 2.05) is 0 Å². The topological polar surface area (TPSA) is 12.5 Å². The van der Waals surface area contributed by atoms with E-state index >= 15 is 0 Å². The minimum absolute atomic E-state index is 0.0321. The molecule has 6 unspecified atom stereocenters. The van der Waals surface area contributed by atoms with Crippen LogP contribution in [0.15, 0.2) is 140 Å². The van der Waals surface area contributed by atoms with E-state index in [0.29, 0.717) is 17.3 Å². The van der Waals surface area contributed by atoms with Gasteiger partial charge in [-0.25, -0.2) is 0 Å². The lowest BCUT2D eigenvalue weighted by atomic mass is 9.26. The van der Waals surface area contributed by atoms with E-state index in [-0.39, 0.29) is 16.2 Å². The van der Waals surface area contributed by atoms with Crippen molar-refractivity contribution >= 4 is 17.1 Å². The van der Waals surface area contributed by atoms with Crippen molar-refractivity contribution in [2.75, 3.05) is 4.90 Å². The van der Waals surface area contributed by atoms with E-state index in [4.69, 9.17) is 4.74 Å². The summed E-state index contributed by atoms with van der Waals surface area (Å²) in [6.07, 6.45) is 7.97. The third-order valence-electron chi connectivity index (χ3n) is 16.2. The van der Waals surface area contributed by atoms with Gasteiger partial charge in [0.05, 0.1) is 5.69 Å². The fraction of sp³-hybridized carbons (Fsp3) is 0.333. The smallest absolute Gasteiger partial charge is 0.131 e. The van der Waals surface area contributed by atoms with Crippen LogP contribution < -0.4 is 9.64 Å². The first-order valence-corrected chi connectivity index (χ1v) is 21.3. The average Bonchev–Trinajstić information content (AvgIpc) is 3.76. The molecule has 0 radical (unpaired) electrons. The Labute approximate surface area is 332 Å². The number of ether oxygens (including phenoxy) is 1. The largest absolute Gasteiger partial charge is 0.457 e. The van der Waals surface area contributed by atoms with Gasteiger partial charge in [-0.2, -0.15) is 0 Å². The van der Waals surface area contributed by atoms with Gasteiger partial charge in [0.25, 0.3) is 0 Å². The molecule has 4 saturated carbocycles. The molecule has 1 aliphatic heterocycles. The molecule has 0 amide bonds. The molecular weight excluding hydrogens is 679 g/mol. The van der Waals surface area contributed by atoms with Crippen LogP contribution in [-0.4, -0.2) is 0 Å². The van der Waals surface area contributed by atoms with Crippen LogP contribution in [0.25, 0.3) is 22.3 Å². The average molecular weight is 730 g/mol. The summed E-state index contributed by atoms with van der Waals surface area (Å²) in [5, 5.41) is 0. The fourth-order valence-electron chi connectivity index (χ4n) is 13.8. The number of anilines is 3. The maximum absolute atomic E-state index is 7.03. The van der Waals surface area contributed by atoms with Crippen molar-refractivity contribution in [2.24, 2.45) is 29.1 Å². The van der Waals surface area contributed by atoms with Gasteiger partial charge in [0.2, 0.25) is 0 Å². The number of hydrogen-bond donors (Lipinski definition) is 0. The van der Waals surface area contributed by atoms with Crippen molar-refractivity contribution in [2.45, 2.75) is 82.5 Å². The Morgan fingerprint density at radius 1 is 0.518 bits per heavy atom. The van der Waals surface area contributed by atoms with Gasteiger partial charge in [0, 0.05) is 27.9 Å². The van der Waals surface area contributed by atoms with E-state index in [1.54, 1.807) is 0 Å². The summed E-state index contributed by atoms with van der Waals surface area (Å²) < 4.78 is 7.03. The standard InChI is InChI=1S/C54H51NO/c1-51(2)26-27-52(3,4)50-42(51)16-11-17-45(50)55(40-21-18-37(19-22-40)35-12-7-5-8-13-35)41-23-25-47-44(32-41)54(48-29-34-28-39-31-49(54)53(39,48)33-34)43-30-38(20-24-46(43)56-47)36-14-9-6-10-15-36/h5-25,30,32,34,39,48-49H,26-29,31,33H2,1-4H3. The number of hydrogen-bond acceptors (Lipinski definition) is 2. The quantitative estimate of drug-likeness (QED) is 0.175. The highest BCUT2D eigenvalue weighted by Crippen LogP contribution is 2.89. The Kier molecular flexibility index (Phi) is 6.67. The van der Waals surface area contributed by atoms with E-state index in [1.165, 1.54) is 100 Å². The van der Waals surface area contributed by atoms with Crippen LogP contribution in [0.5, 0.6) is 11.5 Å². The van der Waals surface area contributed by atoms with E-state index in [2.05, 4.69) is 172 Å². The zero-order valence-corrected chi connectivity index (χ0v) is 33.2. The molecule has 2 bridgehead atoms. The molecule has 2 nitrogen and oxygen atoms in total. The SMILES string of the molecule is CC1(C)CCC(C)(C)c2c(N(c3ccc(-c4ccccc4)cc3)c3ccc4c(c3)C3(c5cc(-c6ccccc6)ccc5O4)C4CC5CC6CC3C64C5)cccc21. The second-order valence-electron chi connectivity index (χ2n) is 19.6. The fourth-order valence-corrected chi connectivity index (χ4v) is 13.8. The number of benzene rings is 6. The molecule has 4 fully saturated rings. The molecule has 0 saturated heterocycles. The molecule has 6 atom stereocenters. The first-order valence-electron chi connectivity index (χ1n) is 21.3. The van der Waals surface area contributed by atoms with Crippen molar-refractivity contribution in [3.8, 4) is 33.8 Å². The predicted molar refractivity (Wildman–Crippen MR) is 229 cm³/mol. The molecule has 6 aliphatic rings. The Hall–Kier alpha value is -5.08. The molecule has 5 aliphatic carbocycles. The molecule has 2 heteroatoms. The van der Waals surface area contributed by atoms with Crippen LogP contribution in [0.2, 0.25) is 0 Å². The Morgan fingerprint density at radius 2 is 1.12 bits per heavy atom. The van der Waals surface area contributed by atoms with Crippen LogP contribution in [0.3, 0.4) is 0 Å². The summed E-state index contributed by atoms with van der Waals surface area (Å²) in [4.78, 5) is 2.60. The molecule has 0 aromatic heterocycles. The highest BCUT2D eigenvalue weighted by Gasteiger charge is 2.84. The van der Waals surface area contributed by atoms with Crippen LogP contribution in [0.1, 0.15) is 88.5 Å². The summed E-state index contributed by atoms with van der Waals surface area (Å²) in [7, 11) is 0. The molecular formula is C54H51NO. The highest BCUT2D eigenvalue weighted by atomic mass is 16.5. The summed E-state index contributed by atoms with van der Waals surface area (Å²) in [5.74, 6) is 5.26. The maximum atomic E-state index is 7.03. The van der Waals surface area contributed by atoms with E-state index in [9.17, 15) is 0 Å². The lowest BCUT2D eigenvalue weighted by Crippen LogP contribution is -2.74. The zero-order valence-electron chi connectivity index (χ0n) is 33.2. The molecule has 6 aromatic carbocycles. The third kappa shape index (κ3) is 4.23. The van der Waals surface area contributed by atoms with Crippen molar-refractivity contribution in [1.29, 1.82) is 0 Å². The molecule has 278 valence electrons. The second-order valence-corrected chi connectivity index (χ2v) is 19.6. The molecule has 2 spiro atoms. The number of nitrogens with zero attached hydrogens (tertiary/aromatic N) is 1. The normalized spacial score (nSPS) is 28.9. The van der Waals surface area contributed by atoms with Gasteiger partial charge in [-0.15, -0.1) is 0 Å². The highest BCUT2D eigenvalue weighted by molar-refractivity contribution is 5.83. The molecule has 12 rings (SSSR count). The summed E-state index contributed by atoms with van der Waals surface area (Å²) in [5.41, 5.74) is 15.3. The zero-order chi connectivity index (χ0) is 37.6. The van der Waals surface area contributed by atoms with Gasteiger partial charge in [-0.3, -0.25) is 0 Å². The Bertz CT molecular complexity index is 2550. The van der Waals surface area contributed by atoms with Gasteiger partial charge in [0.1, 0.15) is 11.5 Å². The minimum Gasteiger partial charge on any atom is -0.457 e. The van der Waals surface area contributed by atoms with E-state index < -0.39 is 0 Å². The number of rotatable bonds is 5. The lowest BCUT2D eigenvalue weighted by molar-refractivity contribution is -0.235. The number of fused-ring (bicyclic) bond motifs is 8. The first kappa shape index (κ1) is 33.1. The predicted octanol–water partition coefficient (Wildman–Crippen LogP) is 14.3. The summed E-state index contributed by atoms with van der Waals surface area (Å²) >= 11 is 0. The van der Waals surface area contributed by atoms with Crippen molar-refractivity contribution < 1.29 is 4.74 Å². The van der Waals surface area contributed by atoms with E-state index in [0.717, 1.165) is 23.3 Å². The van der Waals surface area contributed by atoms with Gasteiger partial charge < -0.3 is 9.64 Å². The maximum Gasteiger partial charge on any atom is 0.131 e. The van der Waals surface area contributed by atoms with Crippen LogP contribution in [-0.2, 0) is 16.2 Å². The summed E-state index contributed by atoms with van der Waals surface area (Å²) in [6, 6.07) is 52.5. The minimum atomic E-state index is -0.0321. The molecule has 1 heterocycles. The monoisotopic (exact) mass is 729 g/mol.